The van der Waals surface area contributed by atoms with Crippen LogP contribution in [0.25, 0.3) is 10.9 Å². The van der Waals surface area contributed by atoms with Crippen LogP contribution in [0.5, 0.6) is 5.75 Å². The standard InChI is InChI=1S/C44H57N5O7/c1-7-40(53)22-26-23-43(39(52)56-6,34-28(14-18-48(24-26)25-40)27-12-9-10-13-31(27)46-34)30-20-29-32(21-33(30)55-5)47(4)36-42(29)16-19-49-17-11-15-41(8-2,35(42)49)37(50)44(36,54)38(51)45-3/h9-13,15,20-21,26,35-37,46,50,53-54H,7-8,14,16-19,22-25H2,1-6H3,(H,45,51)/t26?,35?,36?,37-,40?,41?,42?,43+,44+/m1/s1. The number of ether oxygens (including phenoxy) is 2. The molecule has 2 aromatic carbocycles. The third kappa shape index (κ3) is 4.59. The smallest absolute Gasteiger partial charge is 0.322 e. The molecule has 300 valence electrons. The summed E-state index contributed by atoms with van der Waals surface area (Å²) in [6.45, 7) is 7.49. The number of aromatic nitrogens is 1. The van der Waals surface area contributed by atoms with Crippen molar-refractivity contribution >= 4 is 28.5 Å². The van der Waals surface area contributed by atoms with Crippen molar-refractivity contribution in [3.63, 3.8) is 0 Å². The molecule has 12 nitrogen and oxygen atoms in total. The van der Waals surface area contributed by atoms with Gasteiger partial charge < -0.3 is 40.0 Å². The number of methoxy groups -OCH3 is 2. The molecule has 2 saturated heterocycles. The number of hydrogen-bond donors (Lipinski definition) is 5. The first kappa shape index (κ1) is 37.6. The zero-order valence-electron chi connectivity index (χ0n) is 33.5. The Kier molecular flexibility index (Phi) is 8.59. The number of nitrogens with zero attached hydrogens (tertiary/aromatic N) is 3. The van der Waals surface area contributed by atoms with Gasteiger partial charge >= 0.3 is 5.97 Å². The topological polar surface area (TPSA) is 151 Å². The van der Waals surface area contributed by atoms with E-state index in [9.17, 15) is 20.1 Å². The van der Waals surface area contributed by atoms with Crippen molar-refractivity contribution in [2.24, 2.45) is 11.3 Å². The lowest BCUT2D eigenvalue weighted by molar-refractivity contribution is -0.203. The van der Waals surface area contributed by atoms with Gasteiger partial charge in [-0.2, -0.15) is 0 Å². The van der Waals surface area contributed by atoms with E-state index in [0.717, 1.165) is 46.5 Å². The fourth-order valence-electron chi connectivity index (χ4n) is 13.2. The molecule has 12 heteroatoms. The molecule has 56 heavy (non-hydrogen) atoms. The van der Waals surface area contributed by atoms with Gasteiger partial charge in [-0.15, -0.1) is 0 Å². The first-order valence-electron chi connectivity index (χ1n) is 20.5. The van der Waals surface area contributed by atoms with E-state index in [1.54, 1.807) is 7.11 Å². The third-order valence-corrected chi connectivity index (χ3v) is 15.4. The summed E-state index contributed by atoms with van der Waals surface area (Å²) in [5, 5.41) is 41.1. The molecule has 7 unspecified atom stereocenters. The molecule has 6 aliphatic rings. The number of benzene rings is 2. The van der Waals surface area contributed by atoms with Gasteiger partial charge in [0.1, 0.15) is 17.3 Å². The number of aliphatic hydroxyl groups excluding tert-OH is 1. The van der Waals surface area contributed by atoms with Crippen LogP contribution in [0.15, 0.2) is 48.6 Å². The van der Waals surface area contributed by atoms with Gasteiger partial charge in [0.05, 0.1) is 25.9 Å². The molecule has 1 spiro atoms. The van der Waals surface area contributed by atoms with Crippen LogP contribution in [0.4, 0.5) is 5.69 Å². The number of fused-ring (bicyclic) bond motifs is 6. The third-order valence-electron chi connectivity index (χ3n) is 15.4. The van der Waals surface area contributed by atoms with Crippen LogP contribution in [-0.2, 0) is 31.6 Å². The fourth-order valence-corrected chi connectivity index (χ4v) is 13.2. The maximum atomic E-state index is 15.2. The summed E-state index contributed by atoms with van der Waals surface area (Å²) < 4.78 is 12.3. The second-order valence-corrected chi connectivity index (χ2v) is 17.7. The van der Waals surface area contributed by atoms with E-state index >= 15 is 4.79 Å². The zero-order chi connectivity index (χ0) is 39.6. The van der Waals surface area contributed by atoms with Gasteiger partial charge in [-0.05, 0) is 74.2 Å². The lowest BCUT2D eigenvalue weighted by atomic mass is 9.47. The zero-order valence-corrected chi connectivity index (χ0v) is 33.5. The second-order valence-electron chi connectivity index (χ2n) is 17.7. The lowest BCUT2D eigenvalue weighted by Crippen LogP contribution is -2.81. The maximum Gasteiger partial charge on any atom is 0.322 e. The van der Waals surface area contributed by atoms with Crippen molar-refractivity contribution in [3.05, 3.63) is 70.9 Å². The quantitative estimate of drug-likeness (QED) is 0.187. The highest BCUT2D eigenvalue weighted by Gasteiger charge is 2.78. The second kappa shape index (κ2) is 12.8. The van der Waals surface area contributed by atoms with Crippen LogP contribution in [0.3, 0.4) is 0 Å². The summed E-state index contributed by atoms with van der Waals surface area (Å²) in [7, 11) is 6.46. The molecule has 3 aromatic rings. The van der Waals surface area contributed by atoms with Crippen molar-refractivity contribution in [1.29, 1.82) is 0 Å². The number of esters is 1. The van der Waals surface area contributed by atoms with Crippen molar-refractivity contribution in [2.75, 3.05) is 65.9 Å². The largest absolute Gasteiger partial charge is 0.496 e. The summed E-state index contributed by atoms with van der Waals surface area (Å²) in [4.78, 5) is 39.9. The molecule has 9 rings (SSSR count). The van der Waals surface area contributed by atoms with Crippen molar-refractivity contribution in [3.8, 4) is 5.75 Å². The Morgan fingerprint density at radius 1 is 1.04 bits per heavy atom. The number of H-pyrrole nitrogens is 1. The number of aliphatic hydroxyl groups is 3. The normalized spacial score (nSPS) is 38.4. The van der Waals surface area contributed by atoms with Gasteiger partial charge in [0.25, 0.3) is 5.91 Å². The highest BCUT2D eigenvalue weighted by atomic mass is 16.5. The Labute approximate surface area is 328 Å². The molecule has 1 aliphatic carbocycles. The number of para-hydroxylation sites is 1. The summed E-state index contributed by atoms with van der Waals surface area (Å²) in [6.07, 6.45) is 6.01. The summed E-state index contributed by atoms with van der Waals surface area (Å²) >= 11 is 0. The average molecular weight is 768 g/mol. The number of nitrogens with one attached hydrogen (secondary N) is 2. The van der Waals surface area contributed by atoms with Gasteiger partial charge in [0, 0.05) is 91.1 Å². The highest BCUT2D eigenvalue weighted by Crippen LogP contribution is 2.67. The Bertz CT molecular complexity index is 2140. The van der Waals surface area contributed by atoms with E-state index in [1.807, 2.05) is 56.1 Å². The lowest BCUT2D eigenvalue weighted by Gasteiger charge is -2.63. The van der Waals surface area contributed by atoms with Gasteiger partial charge in [0.15, 0.2) is 5.60 Å². The Morgan fingerprint density at radius 3 is 2.54 bits per heavy atom. The number of amides is 1. The molecular weight excluding hydrogens is 711 g/mol. The van der Waals surface area contributed by atoms with Crippen LogP contribution >= 0.6 is 0 Å². The van der Waals surface area contributed by atoms with Crippen LogP contribution in [0.1, 0.15) is 68.3 Å². The molecule has 1 amide bonds. The van der Waals surface area contributed by atoms with Gasteiger partial charge in [0.2, 0.25) is 0 Å². The minimum absolute atomic E-state index is 0.0712. The van der Waals surface area contributed by atoms with Crippen molar-refractivity contribution < 1.29 is 34.4 Å². The van der Waals surface area contributed by atoms with E-state index in [1.165, 1.54) is 14.2 Å². The summed E-state index contributed by atoms with van der Waals surface area (Å²) in [6, 6.07) is 11.2. The number of piperidine rings is 1. The number of hydrogen-bond acceptors (Lipinski definition) is 10. The van der Waals surface area contributed by atoms with Crippen molar-refractivity contribution in [2.45, 2.75) is 92.6 Å². The van der Waals surface area contributed by atoms with Gasteiger partial charge in [-0.1, -0.05) is 44.2 Å². The van der Waals surface area contributed by atoms with E-state index in [2.05, 4.69) is 38.3 Å². The first-order chi connectivity index (χ1) is 26.8. The van der Waals surface area contributed by atoms with E-state index < -0.39 is 51.5 Å². The minimum atomic E-state index is -2.18. The molecule has 1 aromatic heterocycles. The Hall–Kier alpha value is -3.94. The van der Waals surface area contributed by atoms with Gasteiger partial charge in [-0.3, -0.25) is 19.4 Å². The number of carbonyl (C=O) groups is 2. The Balaban J connectivity index is 1.36. The van der Waals surface area contributed by atoms with E-state index in [-0.39, 0.29) is 12.0 Å². The van der Waals surface area contributed by atoms with Crippen LogP contribution < -0.4 is 15.0 Å². The summed E-state index contributed by atoms with van der Waals surface area (Å²) in [5.74, 6) is -0.624. The summed E-state index contributed by atoms with van der Waals surface area (Å²) in [5.41, 5.74) is -1.12. The minimum Gasteiger partial charge on any atom is -0.496 e. The predicted molar refractivity (Wildman–Crippen MR) is 213 cm³/mol. The van der Waals surface area contributed by atoms with Crippen LogP contribution in [0, 0.1) is 11.3 Å². The maximum absolute atomic E-state index is 15.2. The first-order valence-corrected chi connectivity index (χ1v) is 20.5. The average Bonchev–Trinajstić information content (AvgIpc) is 3.87. The van der Waals surface area contributed by atoms with Crippen LogP contribution in [0.2, 0.25) is 0 Å². The van der Waals surface area contributed by atoms with E-state index in [4.69, 9.17) is 9.47 Å². The van der Waals surface area contributed by atoms with Crippen LogP contribution in [-0.4, -0.2) is 132 Å². The monoisotopic (exact) mass is 767 g/mol. The number of anilines is 1. The number of likely N-dealkylation sites (N-methyl/N-ethyl adjacent to an activating group) is 2. The molecular formula is C44H57N5O7. The molecule has 10 atom stereocenters. The SMILES string of the molecule is CCC1(O)CC2CN(CCc3c([nH]c4ccccc34)[C@@](C(=O)OC)(c3cc4c(cc3OC)N(C)C3C45CCN4CC=CC(CC)(C45)[C@@H](O)[C@]3(O)C(=O)NC)C2)C1. The molecule has 6 heterocycles. The predicted octanol–water partition coefficient (Wildman–Crippen LogP) is 2.99. The van der Waals surface area contributed by atoms with Crippen molar-refractivity contribution in [1.82, 2.24) is 20.1 Å². The molecule has 2 bridgehead atoms. The molecule has 1 saturated carbocycles. The van der Waals surface area contributed by atoms with Gasteiger partial charge in [-0.25, -0.2) is 0 Å². The Morgan fingerprint density at radius 2 is 1.82 bits per heavy atom. The number of rotatable bonds is 6. The molecule has 3 fully saturated rings. The fraction of sp³-hybridized carbons (Fsp3) is 0.591. The van der Waals surface area contributed by atoms with E-state index in [0.29, 0.717) is 69.5 Å². The molecule has 5 N–H and O–H groups in total. The number of aromatic amines is 1. The highest BCUT2D eigenvalue weighted by molar-refractivity contribution is 5.95. The number of carbonyl (C=O) groups excluding carboxylic acids is 2. The molecule has 0 radical (unpaired) electrons. The molecule has 5 aliphatic heterocycles.